The number of hydrogen-bond donors (Lipinski definition) is 1. The van der Waals surface area contributed by atoms with Gasteiger partial charge < -0.3 is 24.1 Å². The topological polar surface area (TPSA) is 63.8 Å². The lowest BCUT2D eigenvalue weighted by Gasteiger charge is -2.36. The van der Waals surface area contributed by atoms with Crippen molar-refractivity contribution in [2.45, 2.75) is 12.5 Å². The summed E-state index contributed by atoms with van der Waals surface area (Å²) in [6.07, 6.45) is 0.777. The lowest BCUT2D eigenvalue weighted by Crippen LogP contribution is -2.40. The number of methoxy groups -OCH3 is 3. The van der Waals surface area contributed by atoms with Crippen LogP contribution in [-0.4, -0.2) is 43.7 Å². The first kappa shape index (κ1) is 20.9. The van der Waals surface area contributed by atoms with E-state index in [1.54, 1.807) is 33.5 Å². The Bertz CT molecular complexity index is 1290. The number of rotatable bonds is 5. The summed E-state index contributed by atoms with van der Waals surface area (Å²) in [7, 11) is 4.65. The van der Waals surface area contributed by atoms with Crippen LogP contribution in [0.2, 0.25) is 0 Å². The molecule has 1 N–H and O–H groups in total. The van der Waals surface area contributed by atoms with Crippen LogP contribution in [0.4, 0.5) is 0 Å². The van der Waals surface area contributed by atoms with Crippen molar-refractivity contribution in [2.75, 3.05) is 27.9 Å². The van der Waals surface area contributed by atoms with Crippen molar-refractivity contribution >= 4 is 16.8 Å². The minimum atomic E-state index is -0.228. The van der Waals surface area contributed by atoms with Crippen LogP contribution in [-0.2, 0) is 6.42 Å². The molecular formula is C27H26N2O4. The zero-order chi connectivity index (χ0) is 22.9. The molecule has 1 aromatic heterocycles. The molecule has 2 heterocycles. The summed E-state index contributed by atoms with van der Waals surface area (Å²) >= 11 is 0. The number of hydrogen-bond acceptors (Lipinski definition) is 4. The number of amides is 1. The van der Waals surface area contributed by atoms with Crippen LogP contribution in [0.15, 0.2) is 66.7 Å². The predicted octanol–water partition coefficient (Wildman–Crippen LogP) is 4.98. The molecule has 1 amide bonds. The van der Waals surface area contributed by atoms with Crippen LogP contribution in [0.1, 0.15) is 33.2 Å². The molecule has 1 aliphatic rings. The molecule has 0 bridgehead atoms. The summed E-state index contributed by atoms with van der Waals surface area (Å²) in [5, 5.41) is 1.22. The highest BCUT2D eigenvalue weighted by Crippen LogP contribution is 2.42. The Morgan fingerprint density at radius 2 is 1.58 bits per heavy atom. The van der Waals surface area contributed by atoms with Crippen molar-refractivity contribution < 1.29 is 19.0 Å². The van der Waals surface area contributed by atoms with Crippen LogP contribution in [0.5, 0.6) is 17.2 Å². The number of aromatic nitrogens is 1. The number of nitrogens with one attached hydrogen (secondary N) is 1. The summed E-state index contributed by atoms with van der Waals surface area (Å²) < 4.78 is 16.4. The lowest BCUT2D eigenvalue weighted by atomic mass is 9.91. The molecule has 0 unspecified atom stereocenters. The number of fused-ring (bicyclic) bond motifs is 3. The number of nitrogens with zero attached hydrogens (tertiary/aromatic N) is 1. The second-order valence-electron chi connectivity index (χ2n) is 8.04. The summed E-state index contributed by atoms with van der Waals surface area (Å²) in [6.45, 7) is 0.601. The smallest absolute Gasteiger partial charge is 0.254 e. The zero-order valence-electron chi connectivity index (χ0n) is 18.9. The number of ether oxygens (including phenoxy) is 3. The van der Waals surface area contributed by atoms with E-state index in [2.05, 4.69) is 35.3 Å². The first-order valence-electron chi connectivity index (χ1n) is 10.9. The van der Waals surface area contributed by atoms with E-state index >= 15 is 0 Å². The van der Waals surface area contributed by atoms with Crippen LogP contribution < -0.4 is 14.2 Å². The van der Waals surface area contributed by atoms with Gasteiger partial charge in [0.05, 0.1) is 27.4 Å². The van der Waals surface area contributed by atoms with E-state index in [1.807, 2.05) is 29.2 Å². The summed E-state index contributed by atoms with van der Waals surface area (Å²) in [4.78, 5) is 19.4. The maximum atomic E-state index is 13.9. The highest BCUT2D eigenvalue weighted by molar-refractivity contribution is 5.97. The van der Waals surface area contributed by atoms with Gasteiger partial charge >= 0.3 is 0 Å². The van der Waals surface area contributed by atoms with Crippen molar-refractivity contribution in [1.82, 2.24) is 9.88 Å². The first-order valence-corrected chi connectivity index (χ1v) is 10.9. The van der Waals surface area contributed by atoms with Crippen molar-refractivity contribution in [3.63, 3.8) is 0 Å². The van der Waals surface area contributed by atoms with Crippen molar-refractivity contribution in [3.8, 4) is 17.2 Å². The first-order chi connectivity index (χ1) is 16.2. The third-order valence-electron chi connectivity index (χ3n) is 6.32. The van der Waals surface area contributed by atoms with Gasteiger partial charge in [-0.1, -0.05) is 48.5 Å². The van der Waals surface area contributed by atoms with Crippen LogP contribution in [0, 0.1) is 0 Å². The third kappa shape index (κ3) is 3.48. The fourth-order valence-electron chi connectivity index (χ4n) is 4.81. The van der Waals surface area contributed by atoms with Crippen molar-refractivity contribution in [2.24, 2.45) is 0 Å². The molecule has 0 fully saturated rings. The van der Waals surface area contributed by atoms with Gasteiger partial charge in [0.1, 0.15) is 0 Å². The van der Waals surface area contributed by atoms with Crippen molar-refractivity contribution in [1.29, 1.82) is 0 Å². The van der Waals surface area contributed by atoms with Crippen molar-refractivity contribution in [3.05, 3.63) is 89.1 Å². The maximum Gasteiger partial charge on any atom is 0.254 e. The van der Waals surface area contributed by atoms with Gasteiger partial charge in [0.2, 0.25) is 5.75 Å². The molecule has 1 atom stereocenters. The van der Waals surface area contributed by atoms with E-state index in [1.165, 1.54) is 10.9 Å². The molecule has 4 aromatic rings. The normalized spacial score (nSPS) is 15.2. The molecule has 3 aromatic carbocycles. The number of H-pyrrole nitrogens is 1. The van der Waals surface area contributed by atoms with Gasteiger partial charge in [-0.05, 0) is 35.7 Å². The Kier molecular flexibility index (Phi) is 5.42. The molecule has 0 saturated carbocycles. The Morgan fingerprint density at radius 3 is 2.24 bits per heavy atom. The molecule has 1 aliphatic heterocycles. The maximum absolute atomic E-state index is 13.9. The number of carbonyl (C=O) groups excluding carboxylic acids is 1. The summed E-state index contributed by atoms with van der Waals surface area (Å²) in [6, 6.07) is 21.7. The van der Waals surface area contributed by atoms with E-state index in [4.69, 9.17) is 14.2 Å². The quantitative estimate of drug-likeness (QED) is 0.473. The second kappa shape index (κ2) is 8.54. The van der Waals surface area contributed by atoms with Gasteiger partial charge in [-0.15, -0.1) is 0 Å². The summed E-state index contributed by atoms with van der Waals surface area (Å²) in [5.41, 5.74) is 4.98. The van der Waals surface area contributed by atoms with E-state index in [0.29, 0.717) is 29.4 Å². The Labute approximate surface area is 192 Å². The molecule has 0 saturated heterocycles. The SMILES string of the molecule is COc1cc(C(=O)N2CCc3c([nH]c4ccccc34)[C@@H]2c2ccccc2)cc(OC)c1OC. The largest absolute Gasteiger partial charge is 0.493 e. The predicted molar refractivity (Wildman–Crippen MR) is 127 cm³/mol. The Balaban J connectivity index is 1.64. The molecule has 168 valence electrons. The Hall–Kier alpha value is -3.93. The minimum Gasteiger partial charge on any atom is -0.493 e. The van der Waals surface area contributed by atoms with E-state index < -0.39 is 0 Å². The highest BCUT2D eigenvalue weighted by Gasteiger charge is 2.35. The second-order valence-corrected chi connectivity index (χ2v) is 8.04. The van der Waals surface area contributed by atoms with Gasteiger partial charge in [0, 0.05) is 28.7 Å². The molecule has 5 rings (SSSR count). The van der Waals surface area contributed by atoms with E-state index in [0.717, 1.165) is 23.2 Å². The van der Waals surface area contributed by atoms with Gasteiger partial charge in [-0.2, -0.15) is 0 Å². The zero-order valence-corrected chi connectivity index (χ0v) is 18.9. The number of carbonyl (C=O) groups is 1. The standard InChI is InChI=1S/C27H26N2O4/c1-31-22-15-18(16-23(32-2)26(22)33-3)27(30)29-14-13-20-19-11-7-8-12-21(19)28-24(20)25(29)17-9-5-4-6-10-17/h4-12,15-16,25,28H,13-14H2,1-3H3/t25-/m0/s1. The van der Waals surface area contributed by atoms with Gasteiger partial charge in [0.15, 0.2) is 11.5 Å². The van der Waals surface area contributed by atoms with Crippen LogP contribution in [0.3, 0.4) is 0 Å². The van der Waals surface area contributed by atoms with Gasteiger partial charge in [-0.3, -0.25) is 4.79 Å². The average molecular weight is 443 g/mol. The molecule has 6 heteroatoms. The van der Waals surface area contributed by atoms with Gasteiger partial charge in [0.25, 0.3) is 5.91 Å². The molecule has 33 heavy (non-hydrogen) atoms. The average Bonchev–Trinajstić information content (AvgIpc) is 3.26. The number of benzene rings is 3. The molecule has 0 radical (unpaired) electrons. The number of aromatic amines is 1. The van der Waals surface area contributed by atoms with E-state index in [9.17, 15) is 4.79 Å². The Morgan fingerprint density at radius 1 is 0.909 bits per heavy atom. The molecule has 0 aliphatic carbocycles. The molecule has 0 spiro atoms. The fourth-order valence-corrected chi connectivity index (χ4v) is 4.81. The monoisotopic (exact) mass is 442 g/mol. The fraction of sp³-hybridized carbons (Fsp3) is 0.222. The lowest BCUT2D eigenvalue weighted by molar-refractivity contribution is 0.0691. The molecular weight excluding hydrogens is 416 g/mol. The van der Waals surface area contributed by atoms with Crippen LogP contribution in [0.25, 0.3) is 10.9 Å². The summed E-state index contributed by atoms with van der Waals surface area (Å²) in [5.74, 6) is 1.29. The molecule has 6 nitrogen and oxygen atoms in total. The highest BCUT2D eigenvalue weighted by atomic mass is 16.5. The van der Waals surface area contributed by atoms with E-state index in [-0.39, 0.29) is 11.9 Å². The van der Waals surface area contributed by atoms with Gasteiger partial charge in [-0.25, -0.2) is 0 Å². The number of para-hydroxylation sites is 1. The third-order valence-corrected chi connectivity index (χ3v) is 6.32. The van der Waals surface area contributed by atoms with Crippen LogP contribution >= 0.6 is 0 Å². The minimum absolute atomic E-state index is 0.0904.